The Morgan fingerprint density at radius 2 is 1.90 bits per heavy atom. The van der Waals surface area contributed by atoms with E-state index in [9.17, 15) is 4.39 Å². The molecule has 0 saturated heterocycles. The number of halogens is 1. The maximum atomic E-state index is 14.1. The fraction of sp³-hybridized carbons (Fsp3) is 0.286. The van der Waals surface area contributed by atoms with Crippen LogP contribution >= 0.6 is 0 Å². The Morgan fingerprint density at radius 1 is 1.20 bits per heavy atom. The van der Waals surface area contributed by atoms with E-state index in [0.717, 1.165) is 5.56 Å². The molecule has 106 valence electrons. The van der Waals surface area contributed by atoms with Crippen LogP contribution in [0.3, 0.4) is 0 Å². The van der Waals surface area contributed by atoms with Crippen molar-refractivity contribution in [2.45, 2.75) is 26.7 Å². The van der Waals surface area contributed by atoms with E-state index in [-0.39, 0.29) is 11.7 Å². The van der Waals surface area contributed by atoms with Crippen molar-refractivity contribution in [3.63, 3.8) is 0 Å². The maximum absolute atomic E-state index is 14.1. The number of anilines is 3. The van der Waals surface area contributed by atoms with E-state index in [1.54, 1.807) is 25.1 Å². The summed E-state index contributed by atoms with van der Waals surface area (Å²) in [5.41, 5.74) is 4.32. The smallest absolute Gasteiger partial charge is 0.149 e. The molecule has 0 spiro atoms. The second kappa shape index (κ2) is 5.83. The van der Waals surface area contributed by atoms with Gasteiger partial charge in [0.2, 0.25) is 0 Å². The van der Waals surface area contributed by atoms with Gasteiger partial charge in [0.1, 0.15) is 23.8 Å². The Hall–Kier alpha value is -2.21. The molecular weight excluding hydrogens is 257 g/mol. The molecule has 0 saturated carbocycles. The van der Waals surface area contributed by atoms with Crippen LogP contribution in [0, 0.1) is 12.7 Å². The molecule has 0 fully saturated rings. The predicted octanol–water partition coefficient (Wildman–Crippen LogP) is 3.08. The van der Waals surface area contributed by atoms with Crippen molar-refractivity contribution >= 4 is 17.3 Å². The number of aromatic nitrogens is 2. The van der Waals surface area contributed by atoms with Crippen LogP contribution < -0.4 is 16.6 Å². The lowest BCUT2D eigenvalue weighted by Crippen LogP contribution is -2.14. The number of nitrogens with two attached hydrogens (primary N) is 1. The van der Waals surface area contributed by atoms with E-state index >= 15 is 0 Å². The number of hydrazine groups is 1. The van der Waals surface area contributed by atoms with Gasteiger partial charge in [0.25, 0.3) is 0 Å². The summed E-state index contributed by atoms with van der Waals surface area (Å²) in [4.78, 5) is 8.27. The minimum absolute atomic E-state index is 0.137. The van der Waals surface area contributed by atoms with Crippen molar-refractivity contribution in [3.05, 3.63) is 41.5 Å². The van der Waals surface area contributed by atoms with Crippen LogP contribution in [0.4, 0.5) is 21.7 Å². The molecule has 0 bridgehead atoms. The Labute approximate surface area is 117 Å². The van der Waals surface area contributed by atoms with Gasteiger partial charge in [-0.05, 0) is 24.5 Å². The first-order valence-electron chi connectivity index (χ1n) is 6.38. The highest BCUT2D eigenvalue weighted by atomic mass is 19.1. The molecule has 1 aromatic carbocycles. The molecule has 0 unspecified atom stereocenters. The van der Waals surface area contributed by atoms with Crippen LogP contribution in [-0.2, 0) is 0 Å². The normalized spacial score (nSPS) is 10.7. The van der Waals surface area contributed by atoms with E-state index in [1.807, 2.05) is 13.8 Å². The molecule has 20 heavy (non-hydrogen) atoms. The second-order valence-electron chi connectivity index (χ2n) is 4.85. The quantitative estimate of drug-likeness (QED) is 0.590. The molecule has 0 aliphatic carbocycles. The molecule has 1 heterocycles. The summed E-state index contributed by atoms with van der Waals surface area (Å²) in [6.07, 6.45) is 1.39. The van der Waals surface area contributed by atoms with Gasteiger partial charge < -0.3 is 10.7 Å². The molecule has 0 atom stereocenters. The average molecular weight is 275 g/mol. The summed E-state index contributed by atoms with van der Waals surface area (Å²) in [6, 6.07) is 5.18. The fourth-order valence-electron chi connectivity index (χ4n) is 2.03. The summed E-state index contributed by atoms with van der Waals surface area (Å²) in [7, 11) is 0. The fourth-order valence-corrected chi connectivity index (χ4v) is 2.03. The van der Waals surface area contributed by atoms with Crippen LogP contribution in [0.2, 0.25) is 0 Å². The molecule has 0 radical (unpaired) electrons. The Balaban J connectivity index is 2.46. The molecule has 6 heteroatoms. The average Bonchev–Trinajstić information content (AvgIpc) is 2.43. The summed E-state index contributed by atoms with van der Waals surface area (Å²) in [6.45, 7) is 5.71. The number of hydrogen-bond acceptors (Lipinski definition) is 5. The van der Waals surface area contributed by atoms with Gasteiger partial charge in [0, 0.05) is 5.56 Å². The first-order valence-corrected chi connectivity index (χ1v) is 6.38. The van der Waals surface area contributed by atoms with Gasteiger partial charge in [-0.25, -0.2) is 20.2 Å². The minimum atomic E-state index is -0.289. The molecule has 0 amide bonds. The Morgan fingerprint density at radius 3 is 2.55 bits per heavy atom. The zero-order valence-corrected chi connectivity index (χ0v) is 11.7. The van der Waals surface area contributed by atoms with Gasteiger partial charge in [0.15, 0.2) is 0 Å². The largest absolute Gasteiger partial charge is 0.337 e. The second-order valence-corrected chi connectivity index (χ2v) is 4.85. The van der Waals surface area contributed by atoms with Crippen molar-refractivity contribution in [2.75, 3.05) is 10.7 Å². The van der Waals surface area contributed by atoms with E-state index < -0.39 is 0 Å². The third-order valence-corrected chi connectivity index (χ3v) is 3.04. The number of nitrogens with zero attached hydrogens (tertiary/aromatic N) is 2. The van der Waals surface area contributed by atoms with Crippen molar-refractivity contribution in [1.29, 1.82) is 0 Å². The molecule has 2 aromatic rings. The zero-order valence-electron chi connectivity index (χ0n) is 11.7. The number of benzene rings is 1. The van der Waals surface area contributed by atoms with Crippen LogP contribution in [0.1, 0.15) is 30.9 Å². The summed E-state index contributed by atoms with van der Waals surface area (Å²) >= 11 is 0. The number of aryl methyl sites for hydroxylation is 1. The van der Waals surface area contributed by atoms with Crippen molar-refractivity contribution in [3.8, 4) is 0 Å². The van der Waals surface area contributed by atoms with Gasteiger partial charge >= 0.3 is 0 Å². The van der Waals surface area contributed by atoms with E-state index in [1.165, 1.54) is 6.33 Å². The van der Waals surface area contributed by atoms with Crippen molar-refractivity contribution < 1.29 is 4.39 Å². The number of hydrogen-bond donors (Lipinski definition) is 3. The Kier molecular flexibility index (Phi) is 4.14. The molecule has 2 rings (SSSR count). The summed E-state index contributed by atoms with van der Waals surface area (Å²) < 4.78 is 14.1. The highest BCUT2D eigenvalue weighted by Crippen LogP contribution is 2.30. The summed E-state index contributed by atoms with van der Waals surface area (Å²) in [5.74, 6) is 6.39. The lowest BCUT2D eigenvalue weighted by molar-refractivity contribution is 0.622. The van der Waals surface area contributed by atoms with Crippen LogP contribution in [0.15, 0.2) is 24.5 Å². The molecule has 5 nitrogen and oxygen atoms in total. The van der Waals surface area contributed by atoms with Gasteiger partial charge in [-0.1, -0.05) is 26.0 Å². The maximum Gasteiger partial charge on any atom is 0.149 e. The molecule has 1 aromatic heterocycles. The number of nitrogens with one attached hydrogen (secondary N) is 2. The van der Waals surface area contributed by atoms with E-state index in [0.29, 0.717) is 22.9 Å². The SMILES string of the molecule is Cc1cccc(Nc2ncnc(NN)c2C(C)C)c1F. The van der Waals surface area contributed by atoms with Crippen LogP contribution in [0.25, 0.3) is 0 Å². The van der Waals surface area contributed by atoms with Crippen molar-refractivity contribution in [1.82, 2.24) is 9.97 Å². The van der Waals surface area contributed by atoms with Gasteiger partial charge in [0.05, 0.1) is 5.69 Å². The van der Waals surface area contributed by atoms with Gasteiger partial charge in [-0.3, -0.25) is 0 Å². The topological polar surface area (TPSA) is 75.9 Å². The van der Waals surface area contributed by atoms with Crippen LogP contribution in [-0.4, -0.2) is 9.97 Å². The van der Waals surface area contributed by atoms with Gasteiger partial charge in [-0.15, -0.1) is 0 Å². The first-order chi connectivity index (χ1) is 9.54. The lowest BCUT2D eigenvalue weighted by atomic mass is 10.0. The highest BCUT2D eigenvalue weighted by Gasteiger charge is 2.16. The number of rotatable bonds is 4. The molecule has 0 aliphatic heterocycles. The lowest BCUT2D eigenvalue weighted by Gasteiger charge is -2.17. The third kappa shape index (κ3) is 2.70. The van der Waals surface area contributed by atoms with Crippen molar-refractivity contribution in [2.24, 2.45) is 5.84 Å². The monoisotopic (exact) mass is 275 g/mol. The predicted molar refractivity (Wildman–Crippen MR) is 78.4 cm³/mol. The molecule has 4 N–H and O–H groups in total. The van der Waals surface area contributed by atoms with E-state index in [2.05, 4.69) is 20.7 Å². The summed E-state index contributed by atoms with van der Waals surface area (Å²) in [5, 5.41) is 3.02. The van der Waals surface area contributed by atoms with E-state index in [4.69, 9.17) is 5.84 Å². The number of nitrogen functional groups attached to an aromatic ring is 1. The molecular formula is C14H18FN5. The van der Waals surface area contributed by atoms with Crippen LogP contribution in [0.5, 0.6) is 0 Å². The highest BCUT2D eigenvalue weighted by molar-refractivity contribution is 5.66. The van der Waals surface area contributed by atoms with Gasteiger partial charge in [-0.2, -0.15) is 0 Å². The first kappa shape index (κ1) is 14.2. The standard InChI is InChI=1S/C14H18FN5/c1-8(2)11-13(17-7-18-14(11)20-16)19-10-6-4-5-9(3)12(10)15/h4-8H,16H2,1-3H3,(H2,17,18,19,20). The minimum Gasteiger partial charge on any atom is -0.337 e. The third-order valence-electron chi connectivity index (χ3n) is 3.04. The molecule has 0 aliphatic rings. The Bertz CT molecular complexity index is 613. The zero-order chi connectivity index (χ0) is 14.7.